The summed E-state index contributed by atoms with van der Waals surface area (Å²) in [6.45, 7) is 0.0850. The lowest BCUT2D eigenvalue weighted by molar-refractivity contribution is -0.122. The first-order valence-corrected chi connectivity index (χ1v) is 13.4. The minimum absolute atomic E-state index is 0.0850. The number of nitrogens with zero attached hydrogens (tertiary/aromatic N) is 3. The molecule has 1 atom stereocenters. The van der Waals surface area contributed by atoms with Gasteiger partial charge in [-0.2, -0.15) is 0 Å². The highest BCUT2D eigenvalue weighted by atomic mass is 35.5. The zero-order valence-corrected chi connectivity index (χ0v) is 22.4. The van der Waals surface area contributed by atoms with Crippen LogP contribution < -0.4 is 4.90 Å². The molecule has 41 heavy (non-hydrogen) atoms. The van der Waals surface area contributed by atoms with Gasteiger partial charge < -0.3 is 9.32 Å². The number of aromatic nitrogens is 1. The molecule has 1 aliphatic heterocycles. The average Bonchev–Trinajstić information content (AvgIpc) is 3.54. The molecule has 7 nitrogen and oxygen atoms in total. The number of para-hydroxylation sites is 2. The number of carbonyl (C=O) groups excluding carboxylic acids is 3. The van der Waals surface area contributed by atoms with Gasteiger partial charge in [0.25, 0.3) is 11.8 Å². The van der Waals surface area contributed by atoms with Crippen molar-refractivity contribution < 1.29 is 23.2 Å². The van der Waals surface area contributed by atoms with Crippen molar-refractivity contribution in [2.75, 3.05) is 11.4 Å². The van der Waals surface area contributed by atoms with Crippen LogP contribution in [-0.4, -0.2) is 40.2 Å². The molecule has 0 N–H and O–H groups in total. The lowest BCUT2D eigenvalue weighted by atomic mass is 10.1. The molecule has 1 fully saturated rings. The molecule has 1 unspecified atom stereocenters. The number of carbonyl (C=O) groups is 3. The van der Waals surface area contributed by atoms with E-state index in [4.69, 9.17) is 16.0 Å². The Kier molecular flexibility index (Phi) is 7.07. The van der Waals surface area contributed by atoms with Crippen LogP contribution in [0.5, 0.6) is 0 Å². The second-order valence-corrected chi connectivity index (χ2v) is 10.1. The summed E-state index contributed by atoms with van der Waals surface area (Å²) in [5.41, 5.74) is 3.08. The van der Waals surface area contributed by atoms with Gasteiger partial charge in [-0.15, -0.1) is 0 Å². The maximum Gasteiger partial charge on any atom is 0.257 e. The molecule has 6 rings (SSSR count). The highest BCUT2D eigenvalue weighted by molar-refractivity contribution is 6.30. The van der Waals surface area contributed by atoms with Crippen LogP contribution in [0.25, 0.3) is 22.6 Å². The highest BCUT2D eigenvalue weighted by Gasteiger charge is 2.44. The number of halogens is 2. The fraction of sp³-hybridized carbons (Fsp3) is 0.125. The van der Waals surface area contributed by atoms with Crippen molar-refractivity contribution in [3.05, 3.63) is 119 Å². The first-order chi connectivity index (χ1) is 19.9. The lowest BCUT2D eigenvalue weighted by Crippen LogP contribution is -2.46. The number of benzene rings is 4. The molecule has 2 heterocycles. The van der Waals surface area contributed by atoms with Crippen molar-refractivity contribution in [3.8, 4) is 11.5 Å². The van der Waals surface area contributed by atoms with Gasteiger partial charge in [0.15, 0.2) is 5.58 Å². The summed E-state index contributed by atoms with van der Waals surface area (Å²) in [4.78, 5) is 47.3. The van der Waals surface area contributed by atoms with E-state index in [1.165, 1.54) is 23.1 Å². The normalized spacial score (nSPS) is 15.1. The number of imide groups is 1. The maximum absolute atomic E-state index is 14.6. The van der Waals surface area contributed by atoms with Crippen molar-refractivity contribution >= 4 is 46.1 Å². The minimum atomic E-state index is -1.09. The third-order valence-corrected chi connectivity index (χ3v) is 7.30. The van der Waals surface area contributed by atoms with Crippen molar-refractivity contribution in [3.63, 3.8) is 0 Å². The topological polar surface area (TPSA) is 83.7 Å². The fourth-order valence-electron chi connectivity index (χ4n) is 5.01. The smallest absolute Gasteiger partial charge is 0.257 e. The van der Waals surface area contributed by atoms with Gasteiger partial charge in [0.1, 0.15) is 17.4 Å². The molecule has 0 saturated carbocycles. The van der Waals surface area contributed by atoms with E-state index in [9.17, 15) is 18.8 Å². The van der Waals surface area contributed by atoms with Gasteiger partial charge in [-0.1, -0.05) is 48.0 Å². The number of oxazole rings is 1. The highest BCUT2D eigenvalue weighted by Crippen LogP contribution is 2.30. The summed E-state index contributed by atoms with van der Waals surface area (Å²) >= 11 is 6.12. The summed E-state index contributed by atoms with van der Waals surface area (Å²) in [5, 5.41) is 0.536. The van der Waals surface area contributed by atoms with E-state index in [-0.39, 0.29) is 18.5 Å². The summed E-state index contributed by atoms with van der Waals surface area (Å²) < 4.78 is 20.4. The molecule has 5 aromatic rings. The van der Waals surface area contributed by atoms with Gasteiger partial charge in [0, 0.05) is 17.1 Å². The fourth-order valence-corrected chi connectivity index (χ4v) is 5.22. The molecule has 4 aromatic carbocycles. The van der Waals surface area contributed by atoms with Crippen LogP contribution in [0, 0.1) is 5.82 Å². The van der Waals surface area contributed by atoms with E-state index in [1.807, 2.05) is 30.3 Å². The monoisotopic (exact) mass is 567 g/mol. The molecule has 0 aliphatic carbocycles. The third-order valence-electron chi connectivity index (χ3n) is 7.06. The standard InChI is InChI=1S/C32H23ClFN3O4/c33-22-7-5-6-20(18-22)16-17-36(31(39)24-8-1-2-9-25(24)34)27-19-29(38)37(32(27)40)23-14-12-21(13-15-23)30-35-26-10-3-4-11-28(26)41-30/h1-15,18,27H,16-17,19H2. The number of hydrogen-bond acceptors (Lipinski definition) is 5. The van der Waals surface area contributed by atoms with Crippen LogP contribution >= 0.6 is 11.6 Å². The number of rotatable bonds is 7. The Morgan fingerprint density at radius 3 is 2.49 bits per heavy atom. The van der Waals surface area contributed by atoms with Gasteiger partial charge in [-0.3, -0.25) is 14.4 Å². The van der Waals surface area contributed by atoms with E-state index in [2.05, 4.69) is 4.98 Å². The zero-order valence-electron chi connectivity index (χ0n) is 21.7. The van der Waals surface area contributed by atoms with Gasteiger partial charge in [-0.05, 0) is 72.6 Å². The Labute approximate surface area is 239 Å². The van der Waals surface area contributed by atoms with Crippen molar-refractivity contribution in [2.45, 2.75) is 18.9 Å². The van der Waals surface area contributed by atoms with E-state index in [0.717, 1.165) is 16.0 Å². The van der Waals surface area contributed by atoms with E-state index < -0.39 is 29.6 Å². The molecule has 3 amide bonds. The summed E-state index contributed by atoms with van der Waals surface area (Å²) in [5.74, 6) is -1.96. The number of anilines is 1. The predicted octanol–water partition coefficient (Wildman–Crippen LogP) is 6.30. The molecular formula is C32H23ClFN3O4. The molecule has 204 valence electrons. The number of hydrogen-bond donors (Lipinski definition) is 0. The summed E-state index contributed by atoms with van der Waals surface area (Å²) in [6.07, 6.45) is 0.138. The third kappa shape index (κ3) is 5.21. The van der Waals surface area contributed by atoms with Crippen molar-refractivity contribution in [1.29, 1.82) is 0 Å². The van der Waals surface area contributed by atoms with E-state index in [1.54, 1.807) is 48.5 Å². The SMILES string of the molecule is O=C1CC(N(CCc2cccc(Cl)c2)C(=O)c2ccccc2F)C(=O)N1c1ccc(-c2nc3ccccc3o2)cc1. The van der Waals surface area contributed by atoms with Gasteiger partial charge in [0.05, 0.1) is 17.7 Å². The lowest BCUT2D eigenvalue weighted by Gasteiger charge is -2.28. The van der Waals surface area contributed by atoms with Crippen molar-refractivity contribution in [1.82, 2.24) is 9.88 Å². The summed E-state index contributed by atoms with van der Waals surface area (Å²) in [7, 11) is 0. The first kappa shape index (κ1) is 26.4. The average molecular weight is 568 g/mol. The van der Waals surface area contributed by atoms with Crippen LogP contribution in [0.4, 0.5) is 10.1 Å². The Balaban J connectivity index is 1.27. The Bertz CT molecular complexity index is 1750. The maximum atomic E-state index is 14.6. The van der Waals surface area contributed by atoms with Crippen LogP contribution in [0.2, 0.25) is 5.02 Å². The second kappa shape index (κ2) is 11.0. The molecule has 0 bridgehead atoms. The molecule has 1 aromatic heterocycles. The molecule has 0 radical (unpaired) electrons. The van der Waals surface area contributed by atoms with Crippen LogP contribution in [0.3, 0.4) is 0 Å². The minimum Gasteiger partial charge on any atom is -0.436 e. The molecule has 9 heteroatoms. The van der Waals surface area contributed by atoms with Crippen LogP contribution in [0.15, 0.2) is 101 Å². The quantitative estimate of drug-likeness (QED) is 0.215. The van der Waals surface area contributed by atoms with Gasteiger partial charge >= 0.3 is 0 Å². The van der Waals surface area contributed by atoms with Crippen molar-refractivity contribution in [2.24, 2.45) is 0 Å². The Morgan fingerprint density at radius 2 is 1.73 bits per heavy atom. The van der Waals surface area contributed by atoms with Crippen LogP contribution in [0.1, 0.15) is 22.3 Å². The molecular weight excluding hydrogens is 545 g/mol. The largest absolute Gasteiger partial charge is 0.436 e. The van der Waals surface area contributed by atoms with E-state index >= 15 is 0 Å². The first-order valence-electron chi connectivity index (χ1n) is 13.0. The zero-order chi connectivity index (χ0) is 28.5. The molecule has 1 saturated heterocycles. The Morgan fingerprint density at radius 1 is 0.976 bits per heavy atom. The predicted molar refractivity (Wildman–Crippen MR) is 153 cm³/mol. The Hall–Kier alpha value is -4.82. The molecule has 0 spiro atoms. The number of fused-ring (bicyclic) bond motifs is 1. The number of amides is 3. The van der Waals surface area contributed by atoms with Crippen LogP contribution in [-0.2, 0) is 16.0 Å². The summed E-state index contributed by atoms with van der Waals surface area (Å²) in [6, 6.07) is 25.7. The second-order valence-electron chi connectivity index (χ2n) is 9.68. The van der Waals surface area contributed by atoms with Gasteiger partial charge in [0.2, 0.25) is 11.8 Å². The van der Waals surface area contributed by atoms with E-state index in [0.29, 0.717) is 34.2 Å². The van der Waals surface area contributed by atoms with Gasteiger partial charge in [-0.25, -0.2) is 14.3 Å². The molecule has 1 aliphatic rings.